The first-order valence-corrected chi connectivity index (χ1v) is 11.9. The highest BCUT2D eigenvalue weighted by Crippen LogP contribution is 2.24. The fraction of sp³-hybridized carbons (Fsp3) is 0.450. The van der Waals surface area contributed by atoms with Gasteiger partial charge in [-0.25, -0.2) is 0 Å². The molecule has 0 spiro atoms. The number of ether oxygens (including phenoxy) is 1. The number of halogens is 1. The van der Waals surface area contributed by atoms with Crippen molar-refractivity contribution in [3.63, 3.8) is 0 Å². The normalized spacial score (nSPS) is 15.8. The first-order valence-electron chi connectivity index (χ1n) is 9.70. The van der Waals surface area contributed by atoms with Gasteiger partial charge in [0, 0.05) is 43.7 Å². The summed E-state index contributed by atoms with van der Waals surface area (Å²) in [5.41, 5.74) is 0. The Morgan fingerprint density at radius 1 is 1.03 bits per heavy atom. The standard InChI is InChI=1S/C20H26BrN3O4S/c1-3-23(4-2)29(26,27)24-11-9-22(10-12-24)20(25)15-28-19-8-6-16-13-18(21)7-5-17(16)14-19/h5-8,13-14H,3-4,9-12,15H2,1-2H3. The molecule has 2 aromatic carbocycles. The Labute approximate surface area is 180 Å². The van der Waals surface area contributed by atoms with Crippen LogP contribution in [0.3, 0.4) is 0 Å². The second-order valence-corrected chi connectivity index (χ2v) is 9.66. The number of fused-ring (bicyclic) bond motifs is 1. The van der Waals surface area contributed by atoms with Crippen molar-refractivity contribution in [1.82, 2.24) is 13.5 Å². The Morgan fingerprint density at radius 3 is 2.31 bits per heavy atom. The second kappa shape index (κ2) is 9.42. The summed E-state index contributed by atoms with van der Waals surface area (Å²) in [5, 5.41) is 2.12. The molecule has 0 saturated carbocycles. The number of piperazine rings is 1. The summed E-state index contributed by atoms with van der Waals surface area (Å²) in [6.45, 7) is 5.80. The summed E-state index contributed by atoms with van der Waals surface area (Å²) in [6, 6.07) is 11.7. The predicted octanol–water partition coefficient (Wildman–Crippen LogP) is 2.71. The van der Waals surface area contributed by atoms with Gasteiger partial charge in [-0.15, -0.1) is 0 Å². The summed E-state index contributed by atoms with van der Waals surface area (Å²) in [5.74, 6) is 0.497. The van der Waals surface area contributed by atoms with Gasteiger partial charge in [0.05, 0.1) is 0 Å². The molecular formula is C20H26BrN3O4S. The number of carbonyl (C=O) groups excluding carboxylic acids is 1. The van der Waals surface area contributed by atoms with Gasteiger partial charge in [-0.1, -0.05) is 41.9 Å². The van der Waals surface area contributed by atoms with Crippen molar-refractivity contribution in [2.75, 3.05) is 45.9 Å². The number of hydrogen-bond donors (Lipinski definition) is 0. The van der Waals surface area contributed by atoms with Gasteiger partial charge in [0.1, 0.15) is 5.75 Å². The smallest absolute Gasteiger partial charge is 0.282 e. The van der Waals surface area contributed by atoms with Gasteiger partial charge in [0.25, 0.3) is 16.1 Å². The van der Waals surface area contributed by atoms with Crippen LogP contribution in [0.2, 0.25) is 0 Å². The molecule has 0 aliphatic carbocycles. The lowest BCUT2D eigenvalue weighted by molar-refractivity contribution is -0.134. The molecule has 1 amide bonds. The van der Waals surface area contributed by atoms with Crippen molar-refractivity contribution < 1.29 is 17.9 Å². The van der Waals surface area contributed by atoms with Gasteiger partial charge in [-0.3, -0.25) is 4.79 Å². The third kappa shape index (κ3) is 5.09. The van der Waals surface area contributed by atoms with Crippen molar-refractivity contribution >= 4 is 42.8 Å². The highest BCUT2D eigenvalue weighted by molar-refractivity contribution is 9.10. The van der Waals surface area contributed by atoms with Crippen LogP contribution in [0.4, 0.5) is 0 Å². The van der Waals surface area contributed by atoms with E-state index in [0.29, 0.717) is 45.0 Å². The largest absolute Gasteiger partial charge is 0.484 e. The summed E-state index contributed by atoms with van der Waals surface area (Å²) in [4.78, 5) is 14.2. The van der Waals surface area contributed by atoms with Crippen molar-refractivity contribution in [2.24, 2.45) is 0 Å². The minimum Gasteiger partial charge on any atom is -0.484 e. The minimum atomic E-state index is -3.46. The van der Waals surface area contributed by atoms with Crippen molar-refractivity contribution in [3.8, 4) is 5.75 Å². The van der Waals surface area contributed by atoms with Crippen molar-refractivity contribution in [3.05, 3.63) is 40.9 Å². The summed E-state index contributed by atoms with van der Waals surface area (Å²) in [7, 11) is -3.46. The van der Waals surface area contributed by atoms with Crippen LogP contribution in [0.5, 0.6) is 5.75 Å². The summed E-state index contributed by atoms with van der Waals surface area (Å²) in [6.07, 6.45) is 0. The quantitative estimate of drug-likeness (QED) is 0.606. The van der Waals surface area contributed by atoms with Gasteiger partial charge in [-0.2, -0.15) is 17.0 Å². The Hall–Kier alpha value is -1.68. The van der Waals surface area contributed by atoms with Crippen molar-refractivity contribution in [2.45, 2.75) is 13.8 Å². The molecule has 0 atom stereocenters. The molecule has 158 valence electrons. The number of nitrogens with zero attached hydrogens (tertiary/aromatic N) is 3. The molecule has 1 aliphatic rings. The zero-order valence-corrected chi connectivity index (χ0v) is 19.1. The molecule has 1 saturated heterocycles. The molecule has 1 aliphatic heterocycles. The maximum Gasteiger partial charge on any atom is 0.282 e. The van der Waals surface area contributed by atoms with Crippen LogP contribution in [0.1, 0.15) is 13.8 Å². The van der Waals surface area contributed by atoms with Crippen molar-refractivity contribution in [1.29, 1.82) is 0 Å². The van der Waals surface area contributed by atoms with E-state index in [-0.39, 0.29) is 12.5 Å². The third-order valence-electron chi connectivity index (χ3n) is 5.09. The van der Waals surface area contributed by atoms with E-state index in [9.17, 15) is 13.2 Å². The van der Waals surface area contributed by atoms with E-state index in [1.54, 1.807) is 4.90 Å². The average Bonchev–Trinajstić information content (AvgIpc) is 2.72. The Balaban J connectivity index is 1.54. The highest BCUT2D eigenvalue weighted by atomic mass is 79.9. The predicted molar refractivity (Wildman–Crippen MR) is 117 cm³/mol. The topological polar surface area (TPSA) is 70.2 Å². The van der Waals surface area contributed by atoms with Crippen LogP contribution < -0.4 is 4.74 Å². The molecule has 1 fully saturated rings. The number of rotatable bonds is 7. The molecule has 3 rings (SSSR count). The summed E-state index contributed by atoms with van der Waals surface area (Å²) < 4.78 is 34.7. The fourth-order valence-electron chi connectivity index (χ4n) is 3.40. The van der Waals surface area contributed by atoms with Gasteiger partial charge in [0.15, 0.2) is 6.61 Å². The third-order valence-corrected chi connectivity index (χ3v) is 7.77. The average molecular weight is 484 g/mol. The number of carbonyl (C=O) groups is 1. The first kappa shape index (κ1) is 22.0. The molecule has 0 aromatic heterocycles. The van der Waals surface area contributed by atoms with Crippen LogP contribution in [0, 0.1) is 0 Å². The Morgan fingerprint density at radius 2 is 1.66 bits per heavy atom. The van der Waals surface area contributed by atoms with E-state index >= 15 is 0 Å². The SMILES string of the molecule is CCN(CC)S(=O)(=O)N1CCN(C(=O)COc2ccc3cc(Br)ccc3c2)CC1. The van der Waals surface area contributed by atoms with E-state index < -0.39 is 10.2 Å². The maximum atomic E-state index is 12.6. The van der Waals surface area contributed by atoms with E-state index in [0.717, 1.165) is 15.2 Å². The van der Waals surface area contributed by atoms with Crippen LogP contribution in [0.15, 0.2) is 40.9 Å². The zero-order valence-electron chi connectivity index (χ0n) is 16.7. The lowest BCUT2D eigenvalue weighted by Crippen LogP contribution is -2.54. The summed E-state index contributed by atoms with van der Waals surface area (Å²) >= 11 is 3.45. The number of hydrogen-bond acceptors (Lipinski definition) is 4. The highest BCUT2D eigenvalue weighted by Gasteiger charge is 2.32. The molecule has 0 unspecified atom stereocenters. The molecule has 7 nitrogen and oxygen atoms in total. The Bertz CT molecular complexity index is 971. The molecule has 0 N–H and O–H groups in total. The maximum absolute atomic E-state index is 12.6. The van der Waals surface area contributed by atoms with Crippen LogP contribution in [0.25, 0.3) is 10.8 Å². The fourth-order valence-corrected chi connectivity index (χ4v) is 5.38. The molecule has 0 radical (unpaired) electrons. The van der Waals surface area contributed by atoms with Crippen LogP contribution in [-0.2, 0) is 15.0 Å². The second-order valence-electron chi connectivity index (χ2n) is 6.81. The van der Waals surface area contributed by atoms with Gasteiger partial charge >= 0.3 is 0 Å². The Kier molecular flexibility index (Phi) is 7.15. The van der Waals surface area contributed by atoms with E-state index in [1.165, 1.54) is 8.61 Å². The van der Waals surface area contributed by atoms with E-state index in [4.69, 9.17) is 4.74 Å². The lowest BCUT2D eigenvalue weighted by Gasteiger charge is -2.36. The lowest BCUT2D eigenvalue weighted by atomic mass is 10.1. The molecule has 0 bridgehead atoms. The molecule has 2 aromatic rings. The first-order chi connectivity index (χ1) is 13.8. The zero-order chi connectivity index (χ0) is 21.0. The minimum absolute atomic E-state index is 0.0647. The molecule has 1 heterocycles. The van der Waals surface area contributed by atoms with E-state index in [1.807, 2.05) is 50.2 Å². The van der Waals surface area contributed by atoms with Crippen LogP contribution >= 0.6 is 15.9 Å². The molecule has 9 heteroatoms. The van der Waals surface area contributed by atoms with Gasteiger partial charge < -0.3 is 9.64 Å². The number of benzene rings is 2. The number of amides is 1. The monoisotopic (exact) mass is 483 g/mol. The van der Waals surface area contributed by atoms with Gasteiger partial charge in [0.2, 0.25) is 0 Å². The van der Waals surface area contributed by atoms with Gasteiger partial charge in [-0.05, 0) is 35.0 Å². The molecular weight excluding hydrogens is 458 g/mol. The molecule has 29 heavy (non-hydrogen) atoms. The van der Waals surface area contributed by atoms with E-state index in [2.05, 4.69) is 15.9 Å². The van der Waals surface area contributed by atoms with Crippen LogP contribution in [-0.4, -0.2) is 73.7 Å².